The Morgan fingerprint density at radius 2 is 1.02 bits per heavy atom. The minimum atomic E-state index is -2.24. The van der Waals surface area contributed by atoms with Gasteiger partial charge in [-0.3, -0.25) is 24.4 Å². The zero-order valence-electron chi connectivity index (χ0n) is 62.3. The van der Waals surface area contributed by atoms with E-state index in [0.717, 1.165) is 77.5 Å². The average Bonchev–Trinajstić information content (AvgIpc) is 0.725. The summed E-state index contributed by atoms with van der Waals surface area (Å²) in [6, 6.07) is 43.9. The van der Waals surface area contributed by atoms with Gasteiger partial charge in [0.25, 0.3) is 0 Å². The van der Waals surface area contributed by atoms with Crippen LogP contribution in [0.5, 0.6) is 0 Å². The summed E-state index contributed by atoms with van der Waals surface area (Å²) in [6.45, 7) is 27.1. The highest BCUT2D eigenvalue weighted by Crippen LogP contribution is 2.44. The number of rotatable bonds is 46. The Morgan fingerprint density at radius 3 is 1.54 bits per heavy atom. The number of nitrogens with one attached hydrogen (secondary N) is 2. The number of ether oxygens (including phenoxy) is 8. The van der Waals surface area contributed by atoms with Crippen LogP contribution in [-0.4, -0.2) is 209 Å². The highest BCUT2D eigenvalue weighted by Gasteiger charge is 2.40. The lowest BCUT2D eigenvalue weighted by Crippen LogP contribution is -2.49. The summed E-state index contributed by atoms with van der Waals surface area (Å²) in [6.07, 6.45) is 7.77. The fourth-order valence-corrected chi connectivity index (χ4v) is 16.5. The lowest BCUT2D eigenvalue weighted by atomic mass is 9.77. The maximum atomic E-state index is 11.8. The Balaban J connectivity index is 1.03. The number of anilines is 1. The van der Waals surface area contributed by atoms with E-state index in [1.807, 2.05) is 50.5 Å². The topological polar surface area (TPSA) is 232 Å². The maximum absolute atomic E-state index is 11.8. The summed E-state index contributed by atoms with van der Waals surface area (Å²) in [7, 11) is -1.77. The van der Waals surface area contributed by atoms with E-state index >= 15 is 0 Å². The number of hydrogen-bond acceptors (Lipinski definition) is 18. The van der Waals surface area contributed by atoms with Crippen LogP contribution in [0.2, 0.25) is 13.1 Å². The van der Waals surface area contributed by atoms with Crippen molar-refractivity contribution in [2.45, 2.75) is 72.9 Å². The van der Waals surface area contributed by atoms with Crippen LogP contribution in [0.4, 0.5) is 5.69 Å². The van der Waals surface area contributed by atoms with Crippen molar-refractivity contribution in [1.82, 2.24) is 15.1 Å². The van der Waals surface area contributed by atoms with Crippen LogP contribution >= 0.6 is 0 Å². The smallest absolute Gasteiger partial charge is 0.423 e. The van der Waals surface area contributed by atoms with Gasteiger partial charge in [0.1, 0.15) is 8.07 Å². The minimum Gasteiger partial charge on any atom is -0.423 e. The molecule has 1 heterocycles. The third kappa shape index (κ3) is 22.8. The molecule has 0 unspecified atom stereocenters. The third-order valence-corrected chi connectivity index (χ3v) is 22.7. The predicted molar refractivity (Wildman–Crippen MR) is 426 cm³/mol. The molecular weight excluding hydrogens is 1340 g/mol. The first-order chi connectivity index (χ1) is 50.9. The average molecular weight is 1450 g/mol. The molecule has 556 valence electrons. The SMILES string of the molecule is C=C(C)C(=O)CCCOCCOCCOCCOCCN(Cc1ccccc1B(O)O)Cc1c2ccccc2c(CN(CCOCCOCCOCCOCCNC(=O)C(=C)C)Cc2ccccc2B(O)O)c2ccc(-c3ccc(C)c(C4=C5C=CC(=NC)C=C5[Si](C)(C)c5cc(NC)ccc54)c3)cc12. The van der Waals surface area contributed by atoms with Crippen molar-refractivity contribution in [3.63, 3.8) is 0 Å². The quantitative estimate of drug-likeness (QED) is 0.00905. The summed E-state index contributed by atoms with van der Waals surface area (Å²) >= 11 is 0. The summed E-state index contributed by atoms with van der Waals surface area (Å²) in [5, 5.41) is 56.1. The molecule has 0 saturated carbocycles. The Morgan fingerprint density at radius 1 is 0.533 bits per heavy atom. The second kappa shape index (κ2) is 41.3. The molecule has 1 aliphatic heterocycles. The monoisotopic (exact) mass is 1450 g/mol. The highest BCUT2D eigenvalue weighted by molar-refractivity contribution is 6.98. The molecule has 1 amide bonds. The van der Waals surface area contributed by atoms with Gasteiger partial charge in [-0.1, -0.05) is 135 Å². The van der Waals surface area contributed by atoms with Gasteiger partial charge in [0.2, 0.25) is 5.91 Å². The number of ketones is 1. The highest BCUT2D eigenvalue weighted by atomic mass is 28.3. The first-order valence-electron chi connectivity index (χ1n) is 36.5. The normalized spacial score (nSPS) is 13.6. The molecule has 0 atom stereocenters. The molecule has 0 bridgehead atoms. The molecule has 22 heteroatoms. The third-order valence-electron chi connectivity index (χ3n) is 19.2. The van der Waals surface area contributed by atoms with E-state index in [9.17, 15) is 29.7 Å². The molecule has 1 aliphatic carbocycles. The molecule has 0 saturated heterocycles. The van der Waals surface area contributed by atoms with Gasteiger partial charge in [-0.25, -0.2) is 0 Å². The first-order valence-corrected chi connectivity index (χ1v) is 39.5. The number of carbonyl (C=O) groups is 2. The molecule has 2 aliphatic rings. The molecule has 105 heavy (non-hydrogen) atoms. The maximum Gasteiger partial charge on any atom is 0.488 e. The van der Waals surface area contributed by atoms with Crippen LogP contribution in [0.1, 0.15) is 65.6 Å². The number of Topliss-reactive ketones (excluding diaryl/α,β-unsaturated/α-hetero) is 1. The standard InChI is InChI=1S/C83H105B2N5O14Si/c1-59(2)79(91)23-16-35-97-39-43-101-47-49-103-46-42-100-38-34-90(56-65-18-11-15-22-78(65)85(95)96)58-76-69-20-13-12-19-68(69)75(57-89(55-64-17-10-14-21-77(64)84(93)94)33-37-99-41-45-104-50-48-102-44-40-98-36-32-88-83(92)60(3)4)70-29-26-63(52-74(70)76)62-25-24-61(5)73(51-62)82-71-30-27-66(86-6)53-80(71)105(8,9)81-54-67(87-7)28-31-72(81)82/h10-15,17-22,24-31,51-54,86,93-96H,1,3,16,23,32-50,55-58H2,2,4-9H3,(H,88,92). The molecule has 9 rings (SSSR count). The van der Waals surface area contributed by atoms with Crippen LogP contribution in [0.15, 0.2) is 186 Å². The van der Waals surface area contributed by atoms with E-state index in [1.165, 1.54) is 27.1 Å². The molecular formula is C83H105B2N5O14Si. The number of amides is 1. The van der Waals surface area contributed by atoms with E-state index in [-0.39, 0.29) is 11.7 Å². The summed E-state index contributed by atoms with van der Waals surface area (Å²) in [5.74, 6) is -0.142. The van der Waals surface area contributed by atoms with Gasteiger partial charge < -0.3 is 68.6 Å². The van der Waals surface area contributed by atoms with E-state index in [2.05, 4.69) is 156 Å². The van der Waals surface area contributed by atoms with Gasteiger partial charge in [0.05, 0.1) is 105 Å². The van der Waals surface area contributed by atoms with E-state index < -0.39 is 22.3 Å². The van der Waals surface area contributed by atoms with E-state index in [0.29, 0.717) is 186 Å². The fraction of sp³-hybridized carbons (Fsp3) is 0.386. The summed E-state index contributed by atoms with van der Waals surface area (Å²) in [5.41, 5.74) is 15.7. The molecule has 6 N–H and O–H groups in total. The Labute approximate surface area is 621 Å². The lowest BCUT2D eigenvalue weighted by Gasteiger charge is -2.38. The van der Waals surface area contributed by atoms with E-state index in [4.69, 9.17) is 37.9 Å². The second-order valence-electron chi connectivity index (χ2n) is 27.1. The Kier molecular flexibility index (Phi) is 32.0. The molecule has 7 aromatic carbocycles. The number of benzene rings is 7. The molecule has 0 fully saturated rings. The number of aliphatic imine (C=N–C) groups is 1. The number of carbonyl (C=O) groups excluding carboxylic acids is 2. The van der Waals surface area contributed by atoms with Crippen molar-refractivity contribution in [3.8, 4) is 11.1 Å². The second-order valence-corrected chi connectivity index (χ2v) is 31.4. The van der Waals surface area contributed by atoms with Crippen LogP contribution < -0.4 is 26.7 Å². The fourth-order valence-electron chi connectivity index (χ4n) is 13.4. The van der Waals surface area contributed by atoms with Crippen molar-refractivity contribution in [2.24, 2.45) is 4.99 Å². The minimum absolute atomic E-state index is 0.0532. The summed E-state index contributed by atoms with van der Waals surface area (Å²) in [4.78, 5) is 32.8. The number of nitrogens with zero attached hydrogens (tertiary/aromatic N) is 3. The first kappa shape index (κ1) is 81.2. The zero-order valence-corrected chi connectivity index (χ0v) is 63.3. The Bertz CT molecular complexity index is 4230. The summed E-state index contributed by atoms with van der Waals surface area (Å²) < 4.78 is 47.1. The van der Waals surface area contributed by atoms with Crippen molar-refractivity contribution in [1.29, 1.82) is 0 Å². The molecule has 7 aromatic rings. The van der Waals surface area contributed by atoms with Crippen LogP contribution in [0, 0.1) is 6.92 Å². The molecule has 19 nitrogen and oxygen atoms in total. The number of hydrogen-bond donors (Lipinski definition) is 6. The van der Waals surface area contributed by atoms with Gasteiger partial charge in [0, 0.05) is 84.2 Å². The van der Waals surface area contributed by atoms with E-state index in [1.54, 1.807) is 26.0 Å². The number of allylic oxidation sites excluding steroid dienone is 6. The van der Waals surface area contributed by atoms with Gasteiger partial charge in [0.15, 0.2) is 5.78 Å². The van der Waals surface area contributed by atoms with Crippen LogP contribution in [0.25, 0.3) is 38.2 Å². The molecule has 0 radical (unpaired) electrons. The number of aryl methyl sites for hydroxylation is 1. The predicted octanol–water partition coefficient (Wildman–Crippen LogP) is 8.96. The largest absolute Gasteiger partial charge is 0.488 e. The number of fused-ring (bicyclic) bond motifs is 4. The Hall–Kier alpha value is -7.84. The van der Waals surface area contributed by atoms with Crippen LogP contribution in [-0.2, 0) is 73.7 Å². The van der Waals surface area contributed by atoms with Crippen molar-refractivity contribution in [2.75, 3.05) is 145 Å². The lowest BCUT2D eigenvalue weighted by molar-refractivity contribution is -0.118. The van der Waals surface area contributed by atoms with Gasteiger partial charge in [-0.05, 0) is 173 Å². The van der Waals surface area contributed by atoms with Crippen molar-refractivity contribution >= 4 is 88.6 Å². The van der Waals surface area contributed by atoms with Gasteiger partial charge in [-0.2, -0.15) is 0 Å². The van der Waals surface area contributed by atoms with Crippen molar-refractivity contribution in [3.05, 3.63) is 220 Å². The van der Waals surface area contributed by atoms with Gasteiger partial charge in [-0.15, -0.1) is 0 Å². The van der Waals surface area contributed by atoms with Crippen LogP contribution in [0.3, 0.4) is 0 Å². The zero-order chi connectivity index (χ0) is 74.7. The van der Waals surface area contributed by atoms with Crippen molar-refractivity contribution < 1.29 is 67.6 Å². The van der Waals surface area contributed by atoms with Gasteiger partial charge >= 0.3 is 14.2 Å². The molecule has 0 aromatic heterocycles. The molecule has 0 spiro atoms.